The van der Waals surface area contributed by atoms with Crippen molar-refractivity contribution in [3.05, 3.63) is 94.7 Å². The Labute approximate surface area is 177 Å². The summed E-state index contributed by atoms with van der Waals surface area (Å²) in [6.45, 7) is 0. The summed E-state index contributed by atoms with van der Waals surface area (Å²) in [4.78, 5) is 11.5. The molecule has 0 fully saturated rings. The molecule has 0 unspecified atom stereocenters. The maximum absolute atomic E-state index is 12.6. The summed E-state index contributed by atoms with van der Waals surface area (Å²) < 4.78 is 41.7. The van der Waals surface area contributed by atoms with E-state index in [0.29, 0.717) is 11.3 Å². The van der Waals surface area contributed by atoms with Gasteiger partial charge < -0.3 is 10.1 Å². The van der Waals surface area contributed by atoms with Gasteiger partial charge in [0.15, 0.2) is 0 Å². The summed E-state index contributed by atoms with van der Waals surface area (Å²) >= 11 is 2.14. The average molecular weight is 510 g/mol. The van der Waals surface area contributed by atoms with Crippen molar-refractivity contribution in [1.29, 1.82) is 0 Å². The third-order valence-corrected chi connectivity index (χ3v) is 4.33. The lowest BCUT2D eigenvalue weighted by molar-refractivity contribution is 0.626. The lowest BCUT2D eigenvalue weighted by Crippen LogP contribution is -1.88. The predicted octanol–water partition coefficient (Wildman–Crippen LogP) is 4.35. The molecule has 0 aliphatic heterocycles. The highest BCUT2D eigenvalue weighted by Gasteiger charge is 1.99. The Morgan fingerprint density at radius 3 is 2.14 bits per heavy atom. The fraction of sp³-hybridized carbons (Fsp3) is 0. The quantitative estimate of drug-likeness (QED) is 0.315. The Hall–Kier alpha value is -3.15. The van der Waals surface area contributed by atoms with E-state index >= 15 is 0 Å². The number of pyridine rings is 3. The van der Waals surface area contributed by atoms with Crippen molar-refractivity contribution in [2.24, 2.45) is 0 Å². The molecule has 0 aliphatic rings. The van der Waals surface area contributed by atoms with Gasteiger partial charge in [0.05, 0.1) is 6.20 Å². The standard InChI is InChI=1S/C7H4FIN2.C7H5FN2.C5H5FN2/c8-5-1-2-11-6(9)4-10-7(11)3-5;8-6-1-3-10-4-2-9-7(10)5-6;6-4-1-2-8-5(7)3-4/h1-4H;1-5H;1-3H,(H2,7,8). The maximum Gasteiger partial charge on any atom is 0.140 e. The van der Waals surface area contributed by atoms with Crippen molar-refractivity contribution in [2.75, 3.05) is 5.73 Å². The molecule has 0 spiro atoms. The van der Waals surface area contributed by atoms with Crippen LogP contribution in [0.15, 0.2) is 73.6 Å². The smallest absolute Gasteiger partial charge is 0.140 e. The van der Waals surface area contributed by atoms with Crippen LogP contribution in [0.2, 0.25) is 0 Å². The van der Waals surface area contributed by atoms with E-state index in [4.69, 9.17) is 5.73 Å². The van der Waals surface area contributed by atoms with Gasteiger partial charge in [0.2, 0.25) is 0 Å². The number of anilines is 1. The van der Waals surface area contributed by atoms with E-state index in [-0.39, 0.29) is 23.3 Å². The highest BCUT2D eigenvalue weighted by Crippen LogP contribution is 2.09. The van der Waals surface area contributed by atoms with Crippen LogP contribution in [-0.4, -0.2) is 23.8 Å². The second kappa shape index (κ2) is 9.37. The first-order chi connectivity index (χ1) is 13.9. The van der Waals surface area contributed by atoms with Crippen LogP contribution in [0, 0.1) is 21.2 Å². The van der Waals surface area contributed by atoms with E-state index in [1.165, 1.54) is 42.6 Å². The van der Waals surface area contributed by atoms with Crippen molar-refractivity contribution in [2.45, 2.75) is 0 Å². The van der Waals surface area contributed by atoms with E-state index in [9.17, 15) is 13.2 Å². The second-order valence-corrected chi connectivity index (χ2v) is 6.70. The zero-order valence-corrected chi connectivity index (χ0v) is 16.9. The summed E-state index contributed by atoms with van der Waals surface area (Å²) in [5, 5.41) is 0. The van der Waals surface area contributed by atoms with Crippen LogP contribution < -0.4 is 5.73 Å². The van der Waals surface area contributed by atoms with Gasteiger partial charge in [-0.15, -0.1) is 0 Å². The highest BCUT2D eigenvalue weighted by atomic mass is 127. The van der Waals surface area contributed by atoms with Crippen LogP contribution in [0.4, 0.5) is 19.0 Å². The number of fused-ring (bicyclic) bond motifs is 2. The molecule has 0 atom stereocenters. The first-order valence-corrected chi connectivity index (χ1v) is 9.23. The van der Waals surface area contributed by atoms with Crippen LogP contribution >= 0.6 is 22.6 Å². The number of nitrogen functional groups attached to an aromatic ring is 1. The number of aromatic nitrogens is 5. The molecule has 0 saturated heterocycles. The maximum atomic E-state index is 12.6. The zero-order chi connectivity index (χ0) is 20.8. The first-order valence-electron chi connectivity index (χ1n) is 8.16. The van der Waals surface area contributed by atoms with Crippen molar-refractivity contribution >= 4 is 39.7 Å². The van der Waals surface area contributed by atoms with E-state index in [1.54, 1.807) is 35.4 Å². The summed E-state index contributed by atoms with van der Waals surface area (Å²) in [5.41, 5.74) is 6.39. The largest absolute Gasteiger partial charge is 0.384 e. The number of hydrogen-bond acceptors (Lipinski definition) is 4. The molecule has 0 bridgehead atoms. The molecule has 5 aromatic heterocycles. The Balaban J connectivity index is 0.000000126. The molecule has 148 valence electrons. The topological polar surface area (TPSA) is 73.5 Å². The van der Waals surface area contributed by atoms with E-state index < -0.39 is 0 Å². The molecule has 2 N–H and O–H groups in total. The fourth-order valence-corrected chi connectivity index (χ4v) is 2.78. The zero-order valence-electron chi connectivity index (χ0n) is 14.8. The Bertz CT molecular complexity index is 1220. The molecule has 0 radical (unpaired) electrons. The van der Waals surface area contributed by atoms with Crippen molar-refractivity contribution in [3.63, 3.8) is 0 Å². The summed E-state index contributed by atoms with van der Waals surface area (Å²) in [7, 11) is 0. The number of nitrogens with zero attached hydrogens (tertiary/aromatic N) is 5. The number of hydrogen-bond donors (Lipinski definition) is 1. The van der Waals surface area contributed by atoms with E-state index in [2.05, 4.69) is 37.5 Å². The molecule has 0 aliphatic carbocycles. The normalized spacial score (nSPS) is 10.2. The van der Waals surface area contributed by atoms with Crippen molar-refractivity contribution in [1.82, 2.24) is 23.8 Å². The van der Waals surface area contributed by atoms with Crippen LogP contribution in [0.25, 0.3) is 11.3 Å². The number of halogens is 4. The van der Waals surface area contributed by atoms with Gasteiger partial charge in [0, 0.05) is 49.2 Å². The molecular formula is C19H14F3IN6. The van der Waals surface area contributed by atoms with Gasteiger partial charge in [-0.3, -0.25) is 4.40 Å². The van der Waals surface area contributed by atoms with Crippen molar-refractivity contribution < 1.29 is 13.2 Å². The third-order valence-electron chi connectivity index (χ3n) is 3.53. The lowest BCUT2D eigenvalue weighted by atomic mass is 10.4. The Kier molecular flexibility index (Phi) is 6.65. The van der Waals surface area contributed by atoms with E-state index in [1.807, 2.05) is 4.40 Å². The highest BCUT2D eigenvalue weighted by molar-refractivity contribution is 14.1. The first kappa shape index (κ1) is 20.6. The van der Waals surface area contributed by atoms with Gasteiger partial charge in [-0.25, -0.2) is 28.1 Å². The third kappa shape index (κ3) is 5.67. The van der Waals surface area contributed by atoms with Crippen LogP contribution in [-0.2, 0) is 0 Å². The minimum Gasteiger partial charge on any atom is -0.384 e. The fourth-order valence-electron chi connectivity index (χ4n) is 2.23. The molecule has 10 heteroatoms. The molecule has 0 aromatic carbocycles. The van der Waals surface area contributed by atoms with Crippen LogP contribution in [0.3, 0.4) is 0 Å². The van der Waals surface area contributed by atoms with Gasteiger partial charge in [0.25, 0.3) is 0 Å². The molecule has 5 aromatic rings. The minimum absolute atomic E-state index is 0.213. The SMILES string of the molecule is Fc1ccn2c(I)cnc2c1.Fc1ccn2ccnc2c1.Nc1cc(F)ccn1. The summed E-state index contributed by atoms with van der Waals surface area (Å²) in [6, 6.07) is 8.02. The summed E-state index contributed by atoms with van der Waals surface area (Å²) in [5.74, 6) is -0.638. The number of rotatable bonds is 0. The van der Waals surface area contributed by atoms with E-state index in [0.717, 1.165) is 3.70 Å². The predicted molar refractivity (Wildman–Crippen MR) is 112 cm³/mol. The molecular weight excluding hydrogens is 496 g/mol. The molecule has 0 saturated carbocycles. The Morgan fingerprint density at radius 1 is 0.759 bits per heavy atom. The molecule has 5 rings (SSSR count). The summed E-state index contributed by atoms with van der Waals surface area (Å²) in [6.07, 6.45) is 9.74. The molecule has 29 heavy (non-hydrogen) atoms. The lowest BCUT2D eigenvalue weighted by Gasteiger charge is -1.92. The van der Waals surface area contributed by atoms with Crippen LogP contribution in [0.1, 0.15) is 0 Å². The molecule has 0 amide bonds. The van der Waals surface area contributed by atoms with Crippen LogP contribution in [0.5, 0.6) is 0 Å². The van der Waals surface area contributed by atoms with Gasteiger partial charge in [0.1, 0.15) is 38.3 Å². The monoisotopic (exact) mass is 510 g/mol. The average Bonchev–Trinajstić information content (AvgIpc) is 3.28. The van der Waals surface area contributed by atoms with Crippen molar-refractivity contribution in [3.8, 4) is 0 Å². The van der Waals surface area contributed by atoms with Gasteiger partial charge in [-0.2, -0.15) is 0 Å². The van der Waals surface area contributed by atoms with Gasteiger partial charge in [-0.05, 0) is 40.8 Å². The molecule has 5 heterocycles. The van der Waals surface area contributed by atoms with Gasteiger partial charge >= 0.3 is 0 Å². The Morgan fingerprint density at radius 2 is 1.45 bits per heavy atom. The van der Waals surface area contributed by atoms with Gasteiger partial charge in [-0.1, -0.05) is 0 Å². The minimum atomic E-state index is -0.350. The number of nitrogens with two attached hydrogens (primary N) is 1. The molecule has 6 nitrogen and oxygen atoms in total. The second-order valence-electron chi connectivity index (χ2n) is 5.59. The number of imidazole rings is 2.